The van der Waals surface area contributed by atoms with Gasteiger partial charge in [-0.1, -0.05) is 59.8 Å². The first kappa shape index (κ1) is 15.1. The largest absolute Gasteiger partial charge is 0.0683 e. The van der Waals surface area contributed by atoms with Crippen LogP contribution in [0.1, 0.15) is 91.9 Å². The molecule has 0 saturated heterocycles. The molecule has 0 nitrogen and oxygen atoms in total. The summed E-state index contributed by atoms with van der Waals surface area (Å²) in [5.74, 6) is 2.17. The van der Waals surface area contributed by atoms with Gasteiger partial charge in [-0.15, -0.1) is 0 Å². The fourth-order valence-electron chi connectivity index (χ4n) is 3.79. The summed E-state index contributed by atoms with van der Waals surface area (Å²) in [6.45, 7) is 8.82. The maximum atomic E-state index is 2.46. The Morgan fingerprint density at radius 3 is 1.53 bits per heavy atom. The van der Waals surface area contributed by atoms with Gasteiger partial charge in [-0.25, -0.2) is 0 Å². The lowest BCUT2D eigenvalue weighted by Gasteiger charge is -2.18. The van der Waals surface area contributed by atoms with Crippen LogP contribution in [0.3, 0.4) is 0 Å². The lowest BCUT2D eigenvalue weighted by Crippen LogP contribution is -2.06. The SMILES string of the molecule is CC.CC12CCC(CC1)C2.CC1CCCCC1. The van der Waals surface area contributed by atoms with Gasteiger partial charge in [0.2, 0.25) is 0 Å². The molecule has 3 fully saturated rings. The van der Waals surface area contributed by atoms with E-state index in [1.165, 1.54) is 57.8 Å². The molecular formula is C17H34. The highest BCUT2D eigenvalue weighted by Gasteiger charge is 2.40. The van der Waals surface area contributed by atoms with Crippen LogP contribution in [0.5, 0.6) is 0 Å². The fraction of sp³-hybridized carbons (Fsp3) is 1.00. The summed E-state index contributed by atoms with van der Waals surface area (Å²) in [4.78, 5) is 0. The molecule has 102 valence electrons. The first-order valence-corrected chi connectivity index (χ1v) is 8.18. The third kappa shape index (κ3) is 5.02. The van der Waals surface area contributed by atoms with E-state index in [9.17, 15) is 0 Å². The monoisotopic (exact) mass is 238 g/mol. The van der Waals surface area contributed by atoms with Crippen LogP contribution < -0.4 is 0 Å². The number of hydrogen-bond donors (Lipinski definition) is 0. The van der Waals surface area contributed by atoms with Crippen LogP contribution in [0.25, 0.3) is 0 Å². The molecule has 3 saturated carbocycles. The Morgan fingerprint density at radius 2 is 1.35 bits per heavy atom. The minimum absolute atomic E-state index is 0.810. The predicted octanol–water partition coefficient (Wildman–Crippen LogP) is 6.20. The molecule has 0 amide bonds. The van der Waals surface area contributed by atoms with E-state index in [2.05, 4.69) is 13.8 Å². The summed E-state index contributed by atoms with van der Waals surface area (Å²) >= 11 is 0. The van der Waals surface area contributed by atoms with Gasteiger partial charge in [-0.3, -0.25) is 0 Å². The molecule has 3 aliphatic carbocycles. The quantitative estimate of drug-likeness (QED) is 0.471. The van der Waals surface area contributed by atoms with Gasteiger partial charge in [-0.05, 0) is 49.4 Å². The first-order valence-electron chi connectivity index (χ1n) is 8.18. The van der Waals surface area contributed by atoms with Gasteiger partial charge in [0, 0.05) is 0 Å². The summed E-state index contributed by atoms with van der Waals surface area (Å²) in [6, 6.07) is 0. The van der Waals surface area contributed by atoms with Crippen LogP contribution in [-0.2, 0) is 0 Å². The molecule has 0 radical (unpaired) electrons. The van der Waals surface area contributed by atoms with Crippen LogP contribution in [-0.4, -0.2) is 0 Å². The second kappa shape index (κ2) is 7.44. The van der Waals surface area contributed by atoms with Crippen molar-refractivity contribution >= 4 is 0 Å². The molecule has 3 rings (SSSR count). The molecule has 0 aromatic carbocycles. The molecule has 0 heterocycles. The first-order chi connectivity index (χ1) is 8.18. The van der Waals surface area contributed by atoms with Crippen molar-refractivity contribution in [2.75, 3.05) is 0 Å². The van der Waals surface area contributed by atoms with E-state index >= 15 is 0 Å². The van der Waals surface area contributed by atoms with E-state index in [1.807, 2.05) is 13.8 Å². The fourth-order valence-corrected chi connectivity index (χ4v) is 3.79. The van der Waals surface area contributed by atoms with Crippen molar-refractivity contribution in [2.24, 2.45) is 17.3 Å². The van der Waals surface area contributed by atoms with Crippen LogP contribution in [0.2, 0.25) is 0 Å². The smallest absolute Gasteiger partial charge is 0.0323 e. The normalized spacial score (nSPS) is 35.6. The van der Waals surface area contributed by atoms with E-state index in [-0.39, 0.29) is 0 Å². The van der Waals surface area contributed by atoms with E-state index in [0.29, 0.717) is 0 Å². The Kier molecular flexibility index (Phi) is 6.59. The highest BCUT2D eigenvalue weighted by Crippen LogP contribution is 2.53. The summed E-state index contributed by atoms with van der Waals surface area (Å²) in [5.41, 5.74) is 0.810. The van der Waals surface area contributed by atoms with Gasteiger partial charge in [0.15, 0.2) is 0 Å². The second-order valence-corrected chi connectivity index (χ2v) is 6.70. The Morgan fingerprint density at radius 1 is 0.824 bits per heavy atom. The average Bonchev–Trinajstić information content (AvgIpc) is 2.91. The van der Waals surface area contributed by atoms with E-state index < -0.39 is 0 Å². The van der Waals surface area contributed by atoms with Crippen LogP contribution in [0.4, 0.5) is 0 Å². The topological polar surface area (TPSA) is 0 Å². The van der Waals surface area contributed by atoms with Crippen molar-refractivity contribution in [1.82, 2.24) is 0 Å². The molecule has 0 N–H and O–H groups in total. The van der Waals surface area contributed by atoms with Gasteiger partial charge >= 0.3 is 0 Å². The van der Waals surface area contributed by atoms with Gasteiger partial charge in [0.1, 0.15) is 0 Å². The van der Waals surface area contributed by atoms with Crippen molar-refractivity contribution < 1.29 is 0 Å². The lowest BCUT2D eigenvalue weighted by atomic mass is 9.87. The summed E-state index contributed by atoms with van der Waals surface area (Å²) in [7, 11) is 0. The number of hydrogen-bond acceptors (Lipinski definition) is 0. The van der Waals surface area contributed by atoms with Gasteiger partial charge in [0.25, 0.3) is 0 Å². The van der Waals surface area contributed by atoms with Crippen LogP contribution in [0, 0.1) is 17.3 Å². The number of fused-ring (bicyclic) bond motifs is 2. The molecule has 0 atom stereocenters. The van der Waals surface area contributed by atoms with Gasteiger partial charge in [-0.2, -0.15) is 0 Å². The average molecular weight is 238 g/mol. The van der Waals surface area contributed by atoms with Crippen LogP contribution >= 0.6 is 0 Å². The Bertz CT molecular complexity index is 180. The van der Waals surface area contributed by atoms with Crippen molar-refractivity contribution in [1.29, 1.82) is 0 Å². The minimum Gasteiger partial charge on any atom is -0.0683 e. The lowest BCUT2D eigenvalue weighted by molar-refractivity contribution is 0.332. The highest BCUT2D eigenvalue weighted by atomic mass is 14.5. The zero-order chi connectivity index (χ0) is 12.7. The zero-order valence-electron chi connectivity index (χ0n) is 12.7. The van der Waals surface area contributed by atoms with Crippen molar-refractivity contribution in [3.63, 3.8) is 0 Å². The summed E-state index contributed by atoms with van der Waals surface area (Å²) in [6.07, 6.45) is 15.1. The van der Waals surface area contributed by atoms with Gasteiger partial charge < -0.3 is 0 Å². The molecule has 0 aromatic rings. The zero-order valence-corrected chi connectivity index (χ0v) is 12.7. The standard InChI is InChI=1S/C8H14.C7H14.C2H6/c1-8-4-2-7(6-8)3-5-8;1-7-5-3-2-4-6-7;1-2/h7H,2-6H2,1H3;7H,2-6H2,1H3;1-2H3. The second-order valence-electron chi connectivity index (χ2n) is 6.70. The molecule has 0 aromatic heterocycles. The molecular weight excluding hydrogens is 204 g/mol. The Labute approximate surface area is 110 Å². The van der Waals surface area contributed by atoms with E-state index in [1.54, 1.807) is 6.42 Å². The molecule has 3 aliphatic rings. The summed E-state index contributed by atoms with van der Waals surface area (Å²) in [5, 5.41) is 0. The van der Waals surface area contributed by atoms with E-state index in [0.717, 1.165) is 17.3 Å². The van der Waals surface area contributed by atoms with Crippen molar-refractivity contribution in [2.45, 2.75) is 91.9 Å². The molecule has 17 heavy (non-hydrogen) atoms. The molecule has 0 unspecified atom stereocenters. The Balaban J connectivity index is 0.000000150. The molecule has 0 spiro atoms. The highest BCUT2D eigenvalue weighted by molar-refractivity contribution is 4.92. The Hall–Kier alpha value is 0. The molecule has 0 aliphatic heterocycles. The van der Waals surface area contributed by atoms with Crippen molar-refractivity contribution in [3.8, 4) is 0 Å². The third-order valence-electron chi connectivity index (χ3n) is 4.99. The number of rotatable bonds is 0. The third-order valence-corrected chi connectivity index (χ3v) is 4.99. The minimum atomic E-state index is 0.810. The summed E-state index contributed by atoms with van der Waals surface area (Å²) < 4.78 is 0. The predicted molar refractivity (Wildman–Crippen MR) is 78.3 cm³/mol. The maximum absolute atomic E-state index is 2.46. The van der Waals surface area contributed by atoms with Crippen molar-refractivity contribution in [3.05, 3.63) is 0 Å². The maximum Gasteiger partial charge on any atom is -0.0323 e. The molecule has 0 heteroatoms. The van der Waals surface area contributed by atoms with E-state index in [4.69, 9.17) is 0 Å². The van der Waals surface area contributed by atoms with Crippen LogP contribution in [0.15, 0.2) is 0 Å². The molecule has 2 bridgehead atoms. The van der Waals surface area contributed by atoms with Gasteiger partial charge in [0.05, 0.1) is 0 Å².